The molecule has 0 radical (unpaired) electrons. The van der Waals surface area contributed by atoms with Gasteiger partial charge in [0.15, 0.2) is 11.6 Å². The Kier molecular flexibility index (Phi) is 7.44. The molecule has 6 heteroatoms. The number of benzene rings is 2. The van der Waals surface area contributed by atoms with Gasteiger partial charge in [-0.15, -0.1) is 0 Å². The second-order valence-corrected chi connectivity index (χ2v) is 6.49. The van der Waals surface area contributed by atoms with Gasteiger partial charge in [-0.25, -0.2) is 0 Å². The molecule has 0 saturated heterocycles. The lowest BCUT2D eigenvalue weighted by molar-refractivity contribution is 0.0925. The number of carbonyl (C=O) groups excluding carboxylic acids is 2. The third kappa shape index (κ3) is 5.03. The van der Waals surface area contributed by atoms with E-state index < -0.39 is 0 Å². The molecule has 0 saturated carbocycles. The van der Waals surface area contributed by atoms with E-state index in [0.717, 1.165) is 0 Å². The summed E-state index contributed by atoms with van der Waals surface area (Å²) in [6.07, 6.45) is 0.458. The Morgan fingerprint density at radius 1 is 0.714 bits per heavy atom. The number of hydrogen-bond acceptors (Lipinski definition) is 6. The zero-order chi connectivity index (χ0) is 20.7. The fraction of sp³-hybridized carbons (Fsp3) is 0.364. The van der Waals surface area contributed by atoms with Crippen LogP contribution in [0.4, 0.5) is 0 Å². The van der Waals surface area contributed by atoms with Crippen LogP contribution in [0, 0.1) is 5.92 Å². The third-order valence-corrected chi connectivity index (χ3v) is 4.49. The maximum Gasteiger partial charge on any atom is 0.166 e. The van der Waals surface area contributed by atoms with E-state index in [2.05, 4.69) is 0 Å². The summed E-state index contributed by atoms with van der Waals surface area (Å²) in [4.78, 5) is 25.4. The monoisotopic (exact) mass is 386 g/mol. The van der Waals surface area contributed by atoms with Gasteiger partial charge in [-0.05, 0) is 30.2 Å². The molecule has 0 spiro atoms. The van der Waals surface area contributed by atoms with Gasteiger partial charge in [0.1, 0.15) is 23.0 Å². The SMILES string of the molecule is COc1ccc(C(=O)CC(C)CC(=O)c2ccc(OC)cc2OC)c(OC)c1. The smallest absolute Gasteiger partial charge is 0.166 e. The maximum absolute atomic E-state index is 12.7. The highest BCUT2D eigenvalue weighted by atomic mass is 16.5. The lowest BCUT2D eigenvalue weighted by Gasteiger charge is -2.14. The van der Waals surface area contributed by atoms with Gasteiger partial charge in [-0.3, -0.25) is 9.59 Å². The van der Waals surface area contributed by atoms with Crippen molar-refractivity contribution < 1.29 is 28.5 Å². The number of ketones is 2. The van der Waals surface area contributed by atoms with Crippen molar-refractivity contribution in [1.29, 1.82) is 0 Å². The Hall–Kier alpha value is -3.02. The second kappa shape index (κ2) is 9.78. The van der Waals surface area contributed by atoms with Crippen LogP contribution in [0.1, 0.15) is 40.5 Å². The van der Waals surface area contributed by atoms with Crippen LogP contribution in [0.2, 0.25) is 0 Å². The first-order chi connectivity index (χ1) is 13.4. The van der Waals surface area contributed by atoms with Crippen LogP contribution in [-0.4, -0.2) is 40.0 Å². The van der Waals surface area contributed by atoms with Crippen molar-refractivity contribution >= 4 is 11.6 Å². The topological polar surface area (TPSA) is 71.1 Å². The van der Waals surface area contributed by atoms with Gasteiger partial charge in [0, 0.05) is 25.0 Å². The summed E-state index contributed by atoms with van der Waals surface area (Å²) in [7, 11) is 6.12. The largest absolute Gasteiger partial charge is 0.497 e. The zero-order valence-electron chi connectivity index (χ0n) is 16.9. The average Bonchev–Trinajstić information content (AvgIpc) is 2.72. The molecule has 0 aliphatic heterocycles. The molecule has 0 aliphatic carbocycles. The van der Waals surface area contributed by atoms with Gasteiger partial charge in [0.2, 0.25) is 0 Å². The van der Waals surface area contributed by atoms with Crippen molar-refractivity contribution in [2.75, 3.05) is 28.4 Å². The summed E-state index contributed by atoms with van der Waals surface area (Å²) in [5.74, 6) is 1.84. The van der Waals surface area contributed by atoms with E-state index in [1.165, 1.54) is 14.2 Å². The molecular weight excluding hydrogens is 360 g/mol. The first-order valence-corrected chi connectivity index (χ1v) is 8.93. The lowest BCUT2D eigenvalue weighted by Crippen LogP contribution is -2.12. The lowest BCUT2D eigenvalue weighted by atomic mass is 9.92. The number of methoxy groups -OCH3 is 4. The first-order valence-electron chi connectivity index (χ1n) is 8.93. The Morgan fingerprint density at radius 3 is 1.43 bits per heavy atom. The normalized spacial score (nSPS) is 10.5. The van der Waals surface area contributed by atoms with Gasteiger partial charge in [-0.2, -0.15) is 0 Å². The molecule has 150 valence electrons. The maximum atomic E-state index is 12.7. The summed E-state index contributed by atoms with van der Waals surface area (Å²) in [6.45, 7) is 1.88. The number of ether oxygens (including phenoxy) is 4. The first kappa shape index (κ1) is 21.3. The summed E-state index contributed by atoms with van der Waals surface area (Å²) >= 11 is 0. The second-order valence-electron chi connectivity index (χ2n) is 6.49. The molecule has 0 aromatic heterocycles. The van der Waals surface area contributed by atoms with E-state index in [0.29, 0.717) is 34.1 Å². The predicted molar refractivity (Wildman–Crippen MR) is 106 cm³/mol. The highest BCUT2D eigenvalue weighted by Gasteiger charge is 2.21. The van der Waals surface area contributed by atoms with Crippen molar-refractivity contribution in [3.05, 3.63) is 47.5 Å². The number of Topliss-reactive ketones (excluding diaryl/α,β-unsaturated/α-hetero) is 2. The fourth-order valence-electron chi connectivity index (χ4n) is 2.98. The highest BCUT2D eigenvalue weighted by Crippen LogP contribution is 2.29. The Morgan fingerprint density at radius 2 is 1.11 bits per heavy atom. The Labute approximate surface area is 165 Å². The summed E-state index contributed by atoms with van der Waals surface area (Å²) in [5, 5.41) is 0. The molecule has 2 aromatic rings. The summed E-state index contributed by atoms with van der Waals surface area (Å²) in [6, 6.07) is 10.1. The van der Waals surface area contributed by atoms with Crippen LogP contribution in [0.25, 0.3) is 0 Å². The van der Waals surface area contributed by atoms with Crippen LogP contribution in [-0.2, 0) is 0 Å². The zero-order valence-corrected chi connectivity index (χ0v) is 16.9. The standard InChI is InChI=1S/C22H26O6/c1-14(10-19(23)17-8-6-15(25-2)12-21(17)27-4)11-20(24)18-9-7-16(26-3)13-22(18)28-5/h6-9,12-14H,10-11H2,1-5H3. The molecule has 0 atom stereocenters. The third-order valence-electron chi connectivity index (χ3n) is 4.49. The predicted octanol–water partition coefficient (Wildman–Crippen LogP) is 4.20. The average molecular weight is 386 g/mol. The molecule has 2 rings (SSSR count). The summed E-state index contributed by atoms with van der Waals surface area (Å²) < 4.78 is 20.9. The number of carbonyl (C=O) groups is 2. The quantitative estimate of drug-likeness (QED) is 0.570. The van der Waals surface area contributed by atoms with E-state index >= 15 is 0 Å². The Bertz CT molecular complexity index is 773. The molecule has 0 heterocycles. The van der Waals surface area contributed by atoms with E-state index in [-0.39, 0.29) is 30.3 Å². The molecule has 0 unspecified atom stereocenters. The van der Waals surface area contributed by atoms with Gasteiger partial charge in [0.25, 0.3) is 0 Å². The van der Waals surface area contributed by atoms with Crippen LogP contribution in [0.5, 0.6) is 23.0 Å². The van der Waals surface area contributed by atoms with E-state index in [9.17, 15) is 9.59 Å². The molecule has 2 aromatic carbocycles. The molecule has 0 fully saturated rings. The molecular formula is C22H26O6. The van der Waals surface area contributed by atoms with Crippen LogP contribution in [0.15, 0.2) is 36.4 Å². The van der Waals surface area contributed by atoms with Gasteiger partial charge in [0.05, 0.1) is 39.6 Å². The number of hydrogen-bond donors (Lipinski definition) is 0. The van der Waals surface area contributed by atoms with Gasteiger partial charge in [-0.1, -0.05) is 6.92 Å². The minimum absolute atomic E-state index is 0.0819. The van der Waals surface area contributed by atoms with Crippen molar-refractivity contribution in [2.45, 2.75) is 19.8 Å². The molecule has 6 nitrogen and oxygen atoms in total. The van der Waals surface area contributed by atoms with Crippen molar-refractivity contribution in [3.63, 3.8) is 0 Å². The van der Waals surface area contributed by atoms with Gasteiger partial charge < -0.3 is 18.9 Å². The van der Waals surface area contributed by atoms with Gasteiger partial charge >= 0.3 is 0 Å². The van der Waals surface area contributed by atoms with Crippen molar-refractivity contribution in [3.8, 4) is 23.0 Å². The van der Waals surface area contributed by atoms with E-state index in [4.69, 9.17) is 18.9 Å². The Balaban J connectivity index is 2.08. The van der Waals surface area contributed by atoms with E-state index in [1.807, 2.05) is 6.92 Å². The fourth-order valence-corrected chi connectivity index (χ4v) is 2.98. The highest BCUT2D eigenvalue weighted by molar-refractivity contribution is 6.01. The van der Waals surface area contributed by atoms with E-state index in [1.54, 1.807) is 50.6 Å². The van der Waals surface area contributed by atoms with Crippen molar-refractivity contribution in [2.24, 2.45) is 5.92 Å². The van der Waals surface area contributed by atoms with Crippen molar-refractivity contribution in [1.82, 2.24) is 0 Å². The minimum atomic E-state index is -0.140. The molecule has 28 heavy (non-hydrogen) atoms. The molecule has 0 N–H and O–H groups in total. The van der Waals surface area contributed by atoms with Crippen LogP contribution < -0.4 is 18.9 Å². The molecule has 0 aliphatic rings. The molecule has 0 amide bonds. The number of rotatable bonds is 10. The minimum Gasteiger partial charge on any atom is -0.497 e. The van der Waals surface area contributed by atoms with Crippen LogP contribution in [0.3, 0.4) is 0 Å². The molecule has 0 bridgehead atoms. The van der Waals surface area contributed by atoms with Crippen LogP contribution >= 0.6 is 0 Å². The summed E-state index contributed by atoms with van der Waals surface area (Å²) in [5.41, 5.74) is 0.953.